The fourth-order valence-corrected chi connectivity index (χ4v) is 4.10. The Labute approximate surface area is 219 Å². The van der Waals surface area contributed by atoms with Crippen LogP contribution in [0, 0.1) is 0 Å². The van der Waals surface area contributed by atoms with E-state index in [2.05, 4.69) is 30.8 Å². The van der Waals surface area contributed by atoms with Crippen LogP contribution in [0.4, 0.5) is 33.4 Å². The average molecular weight is 525 g/mol. The van der Waals surface area contributed by atoms with Gasteiger partial charge in [0.05, 0.1) is 12.6 Å². The van der Waals surface area contributed by atoms with Crippen LogP contribution in [0.15, 0.2) is 73.1 Å². The van der Waals surface area contributed by atoms with E-state index in [4.69, 9.17) is 27.9 Å². The van der Waals surface area contributed by atoms with E-state index in [1.54, 1.807) is 13.2 Å². The number of carbonyl (C=O) groups excluding carboxylic acids is 1. The summed E-state index contributed by atoms with van der Waals surface area (Å²) in [5.74, 6) is 2.36. The number of alkyl halides is 2. The first-order valence-corrected chi connectivity index (χ1v) is 12.4. The van der Waals surface area contributed by atoms with Crippen molar-refractivity contribution >= 4 is 68.7 Å². The zero-order chi connectivity index (χ0) is 25.3. The molecule has 1 aromatic heterocycles. The molecule has 0 spiro atoms. The quantitative estimate of drug-likeness (QED) is 0.210. The third-order valence-corrected chi connectivity index (χ3v) is 5.76. The van der Waals surface area contributed by atoms with Gasteiger partial charge in [0.15, 0.2) is 0 Å². The third kappa shape index (κ3) is 6.47. The lowest BCUT2D eigenvalue weighted by Crippen LogP contribution is -2.27. The SMILES string of the molecule is COc1cccc(Nc2ncnc3ccc(NC(=O)Nc4ccc(N(CCCl)CCCl)cc4)cc23)c1. The van der Waals surface area contributed by atoms with Gasteiger partial charge >= 0.3 is 6.03 Å². The zero-order valence-corrected chi connectivity index (χ0v) is 21.2. The van der Waals surface area contributed by atoms with E-state index in [0.717, 1.165) is 28.0 Å². The van der Waals surface area contributed by atoms with E-state index >= 15 is 0 Å². The number of methoxy groups -OCH3 is 1. The molecule has 0 saturated carbocycles. The summed E-state index contributed by atoms with van der Waals surface area (Å²) in [7, 11) is 1.62. The van der Waals surface area contributed by atoms with Crippen molar-refractivity contribution in [2.75, 3.05) is 52.8 Å². The topological polar surface area (TPSA) is 91.4 Å². The second kappa shape index (κ2) is 12.3. The summed E-state index contributed by atoms with van der Waals surface area (Å²) in [6, 6.07) is 20.2. The van der Waals surface area contributed by atoms with E-state index in [-0.39, 0.29) is 6.03 Å². The summed E-state index contributed by atoms with van der Waals surface area (Å²) in [5.41, 5.74) is 3.83. The number of benzene rings is 3. The lowest BCUT2D eigenvalue weighted by Gasteiger charge is -2.23. The molecule has 0 radical (unpaired) electrons. The molecule has 4 rings (SSSR count). The number of fused-ring (bicyclic) bond motifs is 1. The van der Waals surface area contributed by atoms with Gasteiger partial charge in [0.2, 0.25) is 0 Å². The fourth-order valence-electron chi connectivity index (χ4n) is 3.69. The molecule has 186 valence electrons. The highest BCUT2D eigenvalue weighted by Gasteiger charge is 2.10. The summed E-state index contributed by atoms with van der Waals surface area (Å²) >= 11 is 11.8. The van der Waals surface area contributed by atoms with Crippen molar-refractivity contribution in [2.45, 2.75) is 0 Å². The number of amides is 2. The van der Waals surface area contributed by atoms with E-state index in [1.807, 2.05) is 60.7 Å². The maximum Gasteiger partial charge on any atom is 0.323 e. The highest BCUT2D eigenvalue weighted by atomic mass is 35.5. The number of carbonyl (C=O) groups is 1. The van der Waals surface area contributed by atoms with Gasteiger partial charge in [-0.3, -0.25) is 0 Å². The van der Waals surface area contributed by atoms with Crippen LogP contribution in [0.25, 0.3) is 10.9 Å². The maximum absolute atomic E-state index is 12.7. The van der Waals surface area contributed by atoms with Crippen LogP contribution < -0.4 is 25.6 Å². The second-order valence-corrected chi connectivity index (χ2v) is 8.56. The molecule has 36 heavy (non-hydrogen) atoms. The van der Waals surface area contributed by atoms with Crippen molar-refractivity contribution in [2.24, 2.45) is 0 Å². The first-order chi connectivity index (χ1) is 17.6. The van der Waals surface area contributed by atoms with Crippen LogP contribution in [0.3, 0.4) is 0 Å². The summed E-state index contributed by atoms with van der Waals surface area (Å²) in [5, 5.41) is 9.78. The number of hydrogen-bond donors (Lipinski definition) is 3. The molecule has 10 heteroatoms. The summed E-state index contributed by atoms with van der Waals surface area (Å²) < 4.78 is 5.29. The highest BCUT2D eigenvalue weighted by molar-refractivity contribution is 6.18. The van der Waals surface area contributed by atoms with Crippen LogP contribution in [-0.2, 0) is 0 Å². The molecule has 2 amide bonds. The number of ether oxygens (including phenoxy) is 1. The van der Waals surface area contributed by atoms with Gasteiger partial charge in [-0.2, -0.15) is 0 Å². The third-order valence-electron chi connectivity index (χ3n) is 5.42. The minimum Gasteiger partial charge on any atom is -0.497 e. The lowest BCUT2D eigenvalue weighted by molar-refractivity contribution is 0.262. The van der Waals surface area contributed by atoms with Crippen molar-refractivity contribution in [3.05, 3.63) is 73.1 Å². The molecule has 8 nitrogen and oxygen atoms in total. The van der Waals surface area contributed by atoms with E-state index in [1.165, 1.54) is 6.33 Å². The van der Waals surface area contributed by atoms with Crippen LogP contribution in [0.1, 0.15) is 0 Å². The van der Waals surface area contributed by atoms with Crippen LogP contribution in [-0.4, -0.2) is 48.0 Å². The molecular weight excluding hydrogens is 499 g/mol. The van der Waals surface area contributed by atoms with Crippen LogP contribution in [0.2, 0.25) is 0 Å². The van der Waals surface area contributed by atoms with Crippen molar-refractivity contribution in [3.8, 4) is 5.75 Å². The highest BCUT2D eigenvalue weighted by Crippen LogP contribution is 2.27. The van der Waals surface area contributed by atoms with Crippen molar-refractivity contribution in [1.29, 1.82) is 0 Å². The largest absolute Gasteiger partial charge is 0.497 e. The summed E-state index contributed by atoms with van der Waals surface area (Å²) in [6.45, 7) is 1.39. The molecule has 0 atom stereocenters. The molecule has 1 heterocycles. The normalized spacial score (nSPS) is 10.6. The minimum atomic E-state index is -0.361. The van der Waals surface area contributed by atoms with E-state index in [0.29, 0.717) is 42.0 Å². The molecule has 0 aliphatic heterocycles. The Balaban J connectivity index is 1.46. The zero-order valence-electron chi connectivity index (χ0n) is 19.7. The number of hydrogen-bond acceptors (Lipinski definition) is 6. The molecule has 0 bridgehead atoms. The van der Waals surface area contributed by atoms with Gasteiger partial charge in [0, 0.05) is 59.1 Å². The Hall–Kier alpha value is -3.75. The lowest BCUT2D eigenvalue weighted by atomic mass is 10.2. The molecule has 0 saturated heterocycles. The van der Waals surface area contributed by atoms with Gasteiger partial charge in [-0.05, 0) is 54.6 Å². The van der Waals surface area contributed by atoms with E-state index in [9.17, 15) is 4.79 Å². The van der Waals surface area contributed by atoms with Gasteiger partial charge in [-0.15, -0.1) is 23.2 Å². The average Bonchev–Trinajstić information content (AvgIpc) is 2.89. The first-order valence-electron chi connectivity index (χ1n) is 11.3. The molecule has 3 N–H and O–H groups in total. The second-order valence-electron chi connectivity index (χ2n) is 7.80. The number of nitrogens with one attached hydrogen (secondary N) is 3. The molecule has 0 aliphatic carbocycles. The Kier molecular flexibility index (Phi) is 8.65. The molecule has 0 aliphatic rings. The maximum atomic E-state index is 12.7. The van der Waals surface area contributed by atoms with Crippen LogP contribution >= 0.6 is 23.2 Å². The molecule has 4 aromatic rings. The van der Waals surface area contributed by atoms with Gasteiger partial charge in [-0.1, -0.05) is 6.07 Å². The standard InChI is InChI=1S/C26H26Cl2N6O2/c1-36-22-4-2-3-19(15-22)31-25-23-16-20(7-10-24(23)29-17-30-25)33-26(35)32-18-5-8-21(9-6-18)34(13-11-27)14-12-28/h2-10,15-17H,11-14H2,1H3,(H,29,30,31)(H2,32,33,35). The molecule has 3 aromatic carbocycles. The predicted molar refractivity (Wildman–Crippen MR) is 149 cm³/mol. The van der Waals surface area contributed by atoms with Crippen molar-refractivity contribution in [3.63, 3.8) is 0 Å². The smallest absolute Gasteiger partial charge is 0.323 e. The number of rotatable bonds is 10. The summed E-state index contributed by atoms with van der Waals surface area (Å²) in [6.07, 6.45) is 1.50. The minimum absolute atomic E-state index is 0.361. The van der Waals surface area contributed by atoms with Gasteiger partial charge < -0.3 is 25.6 Å². The number of aromatic nitrogens is 2. The van der Waals surface area contributed by atoms with Gasteiger partial charge in [0.1, 0.15) is 17.9 Å². The van der Waals surface area contributed by atoms with Crippen LogP contribution in [0.5, 0.6) is 5.75 Å². The van der Waals surface area contributed by atoms with Gasteiger partial charge in [-0.25, -0.2) is 14.8 Å². The van der Waals surface area contributed by atoms with Crippen molar-refractivity contribution < 1.29 is 9.53 Å². The molecule has 0 fully saturated rings. The fraction of sp³-hybridized carbons (Fsp3) is 0.192. The van der Waals surface area contributed by atoms with Crippen molar-refractivity contribution in [1.82, 2.24) is 9.97 Å². The van der Waals surface area contributed by atoms with Gasteiger partial charge in [0.25, 0.3) is 0 Å². The Morgan fingerprint density at radius 3 is 2.33 bits per heavy atom. The molecular formula is C26H26Cl2N6O2. The number of nitrogens with zero attached hydrogens (tertiary/aromatic N) is 3. The first kappa shape index (κ1) is 25.3. The number of urea groups is 1. The Bertz CT molecular complexity index is 1310. The van der Waals surface area contributed by atoms with E-state index < -0.39 is 0 Å². The number of anilines is 5. The molecule has 0 unspecified atom stereocenters. The Morgan fingerprint density at radius 2 is 1.61 bits per heavy atom. The summed E-state index contributed by atoms with van der Waals surface area (Å²) in [4.78, 5) is 23.5. The monoisotopic (exact) mass is 524 g/mol. The Morgan fingerprint density at radius 1 is 0.889 bits per heavy atom. The number of halogens is 2. The predicted octanol–water partition coefficient (Wildman–Crippen LogP) is 6.31.